The van der Waals surface area contributed by atoms with Crippen LogP contribution in [0.3, 0.4) is 0 Å². The van der Waals surface area contributed by atoms with Gasteiger partial charge in [0, 0.05) is 44.7 Å². The van der Waals surface area contributed by atoms with Crippen molar-refractivity contribution >= 4 is 29.1 Å². The number of hydrogen-bond donors (Lipinski definition) is 2. The van der Waals surface area contributed by atoms with Crippen LogP contribution in [0.1, 0.15) is 38.4 Å². The van der Waals surface area contributed by atoms with Crippen LogP contribution in [0.2, 0.25) is 0 Å². The van der Waals surface area contributed by atoms with Crippen LogP contribution in [-0.2, 0) is 25.7 Å². The minimum absolute atomic E-state index is 0.0171. The molecule has 2 unspecified atom stereocenters. The molecule has 1 aromatic heterocycles. The fourth-order valence-corrected chi connectivity index (χ4v) is 7.14. The summed E-state index contributed by atoms with van der Waals surface area (Å²) in [6.07, 6.45) is 3.10. The van der Waals surface area contributed by atoms with Crippen molar-refractivity contribution in [1.82, 2.24) is 20.1 Å². The van der Waals surface area contributed by atoms with Crippen LogP contribution in [0.25, 0.3) is 10.4 Å². The molecule has 3 amide bonds. The maximum absolute atomic E-state index is 14.1. The first-order valence-corrected chi connectivity index (χ1v) is 15.9. The van der Waals surface area contributed by atoms with Gasteiger partial charge in [-0.05, 0) is 35.5 Å². The second-order valence-corrected chi connectivity index (χ2v) is 12.9. The lowest BCUT2D eigenvalue weighted by molar-refractivity contribution is -0.148. The van der Waals surface area contributed by atoms with E-state index in [4.69, 9.17) is 4.74 Å². The van der Waals surface area contributed by atoms with E-state index in [-0.39, 0.29) is 48.4 Å². The molecular formula is C34H40N4O5S. The Morgan fingerprint density at radius 3 is 2.66 bits per heavy atom. The summed E-state index contributed by atoms with van der Waals surface area (Å²) in [5.41, 5.74) is 6.39. The second kappa shape index (κ2) is 13.5. The standard InChI is InChI=1S/C34H40N4O5S/c1-20(2)30(38-18-28-21(3)24(7-6-14-43-5)12-13-27(28)33(38)41)34(42)37-17-26(39)15-29(37)32(40)35-16-23-8-10-25(11-9-23)31-22(4)36-19-44-31/h8-13,19-21,24,26,29-30,39H,14-18H2,1-5H3,(H,35,40)/t21?,24?,26-,29+,30+/m1/s1. The Hall–Kier alpha value is -3.78. The predicted molar refractivity (Wildman–Crippen MR) is 169 cm³/mol. The largest absolute Gasteiger partial charge is 0.391 e. The van der Waals surface area contributed by atoms with Gasteiger partial charge in [0.25, 0.3) is 5.91 Å². The molecular weight excluding hydrogens is 576 g/mol. The Bertz CT molecular complexity index is 1530. The second-order valence-electron chi connectivity index (χ2n) is 12.1. The van der Waals surface area contributed by atoms with Gasteiger partial charge in [-0.2, -0.15) is 0 Å². The number of hydrogen-bond acceptors (Lipinski definition) is 7. The number of thiazole rings is 1. The molecule has 1 fully saturated rings. The first kappa shape index (κ1) is 31.6. The van der Waals surface area contributed by atoms with Gasteiger partial charge in [-0.1, -0.05) is 69.0 Å². The van der Waals surface area contributed by atoms with Gasteiger partial charge >= 0.3 is 0 Å². The molecule has 232 valence electrons. The minimum atomic E-state index is -0.822. The summed E-state index contributed by atoms with van der Waals surface area (Å²) in [7, 11) is 1.60. The summed E-state index contributed by atoms with van der Waals surface area (Å²) in [5, 5.41) is 13.5. The number of methoxy groups -OCH3 is 1. The molecule has 2 N–H and O–H groups in total. The predicted octanol–water partition coefficient (Wildman–Crippen LogP) is 3.33. The average Bonchev–Trinajstić information content (AvgIpc) is 3.70. The number of β-amino-alcohol motifs (C(OH)–C–C–N with tert-alkyl or cyclic N) is 1. The first-order valence-electron chi connectivity index (χ1n) is 15.1. The summed E-state index contributed by atoms with van der Waals surface area (Å²) < 4.78 is 5.05. The van der Waals surface area contributed by atoms with Gasteiger partial charge in [-0.15, -0.1) is 11.3 Å². The number of likely N-dealkylation sites (tertiary alicyclic amines) is 1. The van der Waals surface area contributed by atoms with Gasteiger partial charge in [-0.3, -0.25) is 14.4 Å². The van der Waals surface area contributed by atoms with Crippen molar-refractivity contribution in [1.29, 1.82) is 0 Å². The Morgan fingerprint density at radius 1 is 1.25 bits per heavy atom. The highest BCUT2D eigenvalue weighted by Gasteiger charge is 2.47. The summed E-state index contributed by atoms with van der Waals surface area (Å²) in [5.74, 6) is 5.18. The van der Waals surface area contributed by atoms with E-state index in [0.717, 1.165) is 27.3 Å². The van der Waals surface area contributed by atoms with E-state index in [1.54, 1.807) is 23.3 Å². The zero-order valence-corrected chi connectivity index (χ0v) is 26.7. The smallest absolute Gasteiger partial charge is 0.254 e. The lowest BCUT2D eigenvalue weighted by Crippen LogP contribution is -2.56. The zero-order chi connectivity index (χ0) is 31.5. The Balaban J connectivity index is 1.26. The van der Waals surface area contributed by atoms with Crippen molar-refractivity contribution in [3.05, 3.63) is 64.3 Å². The van der Waals surface area contributed by atoms with Gasteiger partial charge in [0.05, 0.1) is 22.2 Å². The number of amides is 3. The van der Waals surface area contributed by atoms with Crippen LogP contribution in [0, 0.1) is 36.5 Å². The monoisotopic (exact) mass is 616 g/mol. The molecule has 3 aliphatic rings. The highest BCUT2D eigenvalue weighted by Crippen LogP contribution is 2.37. The van der Waals surface area contributed by atoms with Crippen molar-refractivity contribution < 1.29 is 24.2 Å². The summed E-state index contributed by atoms with van der Waals surface area (Å²) in [6.45, 7) is 8.86. The zero-order valence-electron chi connectivity index (χ0n) is 25.9. The van der Waals surface area contributed by atoms with Crippen molar-refractivity contribution in [2.75, 3.05) is 26.8 Å². The van der Waals surface area contributed by atoms with E-state index in [9.17, 15) is 19.5 Å². The third kappa shape index (κ3) is 6.36. The van der Waals surface area contributed by atoms with Crippen LogP contribution in [0.15, 0.2) is 53.1 Å². The molecule has 5 atom stereocenters. The molecule has 2 aliphatic heterocycles. The lowest BCUT2D eigenvalue weighted by Gasteiger charge is -2.35. The molecule has 1 saturated heterocycles. The Morgan fingerprint density at radius 2 is 2.00 bits per heavy atom. The van der Waals surface area contributed by atoms with Crippen LogP contribution in [0.5, 0.6) is 0 Å². The molecule has 0 saturated carbocycles. The third-order valence-electron chi connectivity index (χ3n) is 8.74. The van der Waals surface area contributed by atoms with Crippen molar-refractivity contribution in [3.8, 4) is 22.3 Å². The van der Waals surface area contributed by atoms with E-state index in [1.807, 2.05) is 62.7 Å². The van der Waals surface area contributed by atoms with Crippen LogP contribution >= 0.6 is 11.3 Å². The molecule has 0 spiro atoms. The van der Waals surface area contributed by atoms with Gasteiger partial charge in [0.2, 0.25) is 11.8 Å². The molecule has 0 bridgehead atoms. The average molecular weight is 617 g/mol. The molecule has 3 heterocycles. The summed E-state index contributed by atoms with van der Waals surface area (Å²) in [4.78, 5) is 49.7. The van der Waals surface area contributed by atoms with E-state index >= 15 is 0 Å². The third-order valence-corrected chi connectivity index (χ3v) is 9.71. The van der Waals surface area contributed by atoms with Crippen LogP contribution in [0.4, 0.5) is 0 Å². The number of rotatable bonds is 8. The molecule has 0 radical (unpaired) electrons. The molecule has 1 aliphatic carbocycles. The summed E-state index contributed by atoms with van der Waals surface area (Å²) in [6, 6.07) is 6.36. The fraction of sp³-hybridized carbons (Fsp3) is 0.471. The molecule has 44 heavy (non-hydrogen) atoms. The van der Waals surface area contributed by atoms with Gasteiger partial charge in [-0.25, -0.2) is 4.98 Å². The van der Waals surface area contributed by atoms with Crippen molar-refractivity contribution in [2.24, 2.45) is 17.8 Å². The van der Waals surface area contributed by atoms with Gasteiger partial charge in [0.15, 0.2) is 0 Å². The van der Waals surface area contributed by atoms with Gasteiger partial charge in [0.1, 0.15) is 18.7 Å². The highest BCUT2D eigenvalue weighted by molar-refractivity contribution is 7.13. The summed E-state index contributed by atoms with van der Waals surface area (Å²) >= 11 is 1.59. The van der Waals surface area contributed by atoms with Crippen LogP contribution in [-0.4, -0.2) is 82.6 Å². The quantitative estimate of drug-likeness (QED) is 0.441. The maximum Gasteiger partial charge on any atom is 0.254 e. The number of nitrogens with zero attached hydrogens (tertiary/aromatic N) is 3. The molecule has 2 aromatic rings. The van der Waals surface area contributed by atoms with E-state index in [2.05, 4.69) is 29.1 Å². The first-order chi connectivity index (χ1) is 21.1. The SMILES string of the molecule is COCC#CC1C=CC2=C(CN([C@H](C(=O)N3C[C@H](O)C[C@H]3C(=O)NCc3ccc(-c4scnc4C)cc3)C(C)C)C2=O)C1C. The van der Waals surface area contributed by atoms with Crippen molar-refractivity contribution in [3.63, 3.8) is 0 Å². The Kier molecular flexibility index (Phi) is 9.68. The van der Waals surface area contributed by atoms with E-state index in [0.29, 0.717) is 25.3 Å². The minimum Gasteiger partial charge on any atom is -0.391 e. The number of benzene rings is 1. The fourth-order valence-electron chi connectivity index (χ4n) is 6.33. The number of aliphatic hydroxyl groups excluding tert-OH is 1. The topological polar surface area (TPSA) is 112 Å². The Labute approximate surface area is 263 Å². The highest BCUT2D eigenvalue weighted by atomic mass is 32.1. The molecule has 10 heteroatoms. The molecule has 9 nitrogen and oxygen atoms in total. The number of carbonyl (C=O) groups is 3. The number of nitrogens with one attached hydrogen (secondary N) is 1. The number of aromatic nitrogens is 1. The van der Waals surface area contributed by atoms with Crippen LogP contribution < -0.4 is 5.32 Å². The number of carbonyl (C=O) groups excluding carboxylic acids is 3. The van der Waals surface area contributed by atoms with E-state index in [1.165, 1.54) is 4.90 Å². The number of allylic oxidation sites excluding steroid dienone is 1. The number of aliphatic hydroxyl groups is 1. The van der Waals surface area contributed by atoms with E-state index < -0.39 is 18.2 Å². The number of aryl methyl sites for hydroxylation is 1. The number of ether oxygens (including phenoxy) is 1. The molecule has 1 aromatic carbocycles. The lowest BCUT2D eigenvalue weighted by atomic mass is 9.81. The van der Waals surface area contributed by atoms with Crippen molar-refractivity contribution in [2.45, 2.75) is 58.8 Å². The molecule has 5 rings (SSSR count). The maximum atomic E-state index is 14.1. The van der Waals surface area contributed by atoms with Gasteiger partial charge < -0.3 is 25.0 Å². The normalized spacial score (nSPS) is 23.6.